The fourth-order valence-corrected chi connectivity index (χ4v) is 4.46. The monoisotopic (exact) mass is 451 g/mol. The Hall–Kier alpha value is -2.86. The zero-order valence-corrected chi connectivity index (χ0v) is 19.9. The molecule has 1 heterocycles. The van der Waals surface area contributed by atoms with Crippen LogP contribution in [-0.4, -0.2) is 67.0 Å². The molecule has 1 fully saturated rings. The van der Waals surface area contributed by atoms with Crippen LogP contribution >= 0.6 is 0 Å². The number of hydrogen-bond donors (Lipinski definition) is 1. The third-order valence-electron chi connectivity index (χ3n) is 6.48. The second kappa shape index (κ2) is 13.0. The molecule has 0 aliphatic carbocycles. The number of carbonyl (C=O) groups excluding carboxylic acids is 2. The predicted octanol–water partition coefficient (Wildman–Crippen LogP) is 3.37. The van der Waals surface area contributed by atoms with E-state index in [0.717, 1.165) is 19.5 Å². The molecule has 1 atom stereocenters. The average molecular weight is 452 g/mol. The van der Waals surface area contributed by atoms with Crippen LogP contribution in [0.5, 0.6) is 5.75 Å². The number of carbonyl (C=O) groups is 2. The average Bonchev–Trinajstić information content (AvgIpc) is 2.87. The van der Waals surface area contributed by atoms with E-state index in [2.05, 4.69) is 48.3 Å². The number of rotatable bonds is 11. The lowest BCUT2D eigenvalue weighted by molar-refractivity contribution is -0.137. The fraction of sp³-hybridized carbons (Fsp3) is 0.481. The second-order valence-electron chi connectivity index (χ2n) is 8.57. The van der Waals surface area contributed by atoms with Gasteiger partial charge in [-0.1, -0.05) is 62.4 Å². The van der Waals surface area contributed by atoms with Gasteiger partial charge in [0.2, 0.25) is 5.91 Å². The molecule has 1 unspecified atom stereocenters. The Labute approximate surface area is 197 Å². The normalized spacial score (nSPS) is 15.3. The van der Waals surface area contributed by atoms with Gasteiger partial charge in [-0.3, -0.25) is 14.5 Å². The summed E-state index contributed by atoms with van der Waals surface area (Å²) in [6.45, 7) is 8.10. The Kier molecular flexibility index (Phi) is 9.76. The largest absolute Gasteiger partial charge is 0.484 e. The van der Waals surface area contributed by atoms with Gasteiger partial charge in [-0.15, -0.1) is 0 Å². The van der Waals surface area contributed by atoms with E-state index in [1.165, 1.54) is 5.56 Å². The SMILES string of the molecule is CCN(CC)C(CNC(=O)C1CCN(C(=O)COc2ccccc2)CC1)Cc1ccccc1. The summed E-state index contributed by atoms with van der Waals surface area (Å²) in [6.07, 6.45) is 2.30. The first-order valence-electron chi connectivity index (χ1n) is 12.1. The highest BCUT2D eigenvalue weighted by atomic mass is 16.5. The molecule has 3 rings (SSSR count). The van der Waals surface area contributed by atoms with Crippen LogP contribution in [0.2, 0.25) is 0 Å². The summed E-state index contributed by atoms with van der Waals surface area (Å²) >= 11 is 0. The lowest BCUT2D eigenvalue weighted by atomic mass is 9.95. The highest BCUT2D eigenvalue weighted by Gasteiger charge is 2.28. The van der Waals surface area contributed by atoms with Gasteiger partial charge in [0.15, 0.2) is 6.61 Å². The van der Waals surface area contributed by atoms with Crippen molar-refractivity contribution in [1.82, 2.24) is 15.1 Å². The van der Waals surface area contributed by atoms with Gasteiger partial charge in [-0.05, 0) is 50.0 Å². The molecular weight excluding hydrogens is 414 g/mol. The van der Waals surface area contributed by atoms with Gasteiger partial charge >= 0.3 is 0 Å². The zero-order valence-electron chi connectivity index (χ0n) is 19.9. The van der Waals surface area contributed by atoms with Gasteiger partial charge in [-0.25, -0.2) is 0 Å². The first kappa shape index (κ1) is 24.8. The van der Waals surface area contributed by atoms with Crippen LogP contribution in [0.1, 0.15) is 32.3 Å². The second-order valence-corrected chi connectivity index (χ2v) is 8.57. The van der Waals surface area contributed by atoms with E-state index in [9.17, 15) is 9.59 Å². The van der Waals surface area contributed by atoms with Crippen LogP contribution in [0.25, 0.3) is 0 Å². The predicted molar refractivity (Wildman–Crippen MR) is 131 cm³/mol. The molecule has 6 nitrogen and oxygen atoms in total. The number of likely N-dealkylation sites (tertiary alicyclic amines) is 1. The third-order valence-corrected chi connectivity index (χ3v) is 6.48. The van der Waals surface area contributed by atoms with Gasteiger partial charge in [0, 0.05) is 31.6 Å². The molecular formula is C27H37N3O3. The Morgan fingerprint density at radius 2 is 1.61 bits per heavy atom. The molecule has 0 bridgehead atoms. The Bertz CT molecular complexity index is 847. The zero-order chi connectivity index (χ0) is 23.5. The van der Waals surface area contributed by atoms with Gasteiger partial charge < -0.3 is 15.0 Å². The van der Waals surface area contributed by atoms with Crippen molar-refractivity contribution in [3.05, 3.63) is 66.2 Å². The maximum Gasteiger partial charge on any atom is 0.260 e. The molecule has 1 aliphatic rings. The number of benzene rings is 2. The summed E-state index contributed by atoms with van der Waals surface area (Å²) in [5.41, 5.74) is 1.29. The Morgan fingerprint density at radius 3 is 2.21 bits per heavy atom. The number of hydrogen-bond acceptors (Lipinski definition) is 4. The molecule has 2 aromatic carbocycles. The van der Waals surface area contributed by atoms with E-state index in [-0.39, 0.29) is 30.4 Å². The number of likely N-dealkylation sites (N-methyl/N-ethyl adjacent to an activating group) is 1. The van der Waals surface area contributed by atoms with Crippen molar-refractivity contribution >= 4 is 11.8 Å². The summed E-state index contributed by atoms with van der Waals surface area (Å²) in [5.74, 6) is 0.728. The number of amides is 2. The topological polar surface area (TPSA) is 61.9 Å². The van der Waals surface area contributed by atoms with Gasteiger partial charge in [0.1, 0.15) is 5.75 Å². The molecule has 0 spiro atoms. The maximum absolute atomic E-state index is 12.9. The molecule has 0 radical (unpaired) electrons. The van der Waals surface area contributed by atoms with Crippen LogP contribution in [0.4, 0.5) is 0 Å². The minimum Gasteiger partial charge on any atom is -0.484 e. The van der Waals surface area contributed by atoms with E-state index in [4.69, 9.17) is 4.74 Å². The number of ether oxygens (including phenoxy) is 1. The first-order valence-corrected chi connectivity index (χ1v) is 12.1. The van der Waals surface area contributed by atoms with Crippen molar-refractivity contribution in [2.45, 2.75) is 39.2 Å². The summed E-state index contributed by atoms with van der Waals surface area (Å²) in [6, 6.07) is 20.1. The summed E-state index contributed by atoms with van der Waals surface area (Å²) < 4.78 is 5.58. The van der Waals surface area contributed by atoms with E-state index in [1.807, 2.05) is 36.4 Å². The van der Waals surface area contributed by atoms with Gasteiger partial charge in [-0.2, -0.15) is 0 Å². The molecule has 0 aromatic heterocycles. The molecule has 33 heavy (non-hydrogen) atoms. The minimum absolute atomic E-state index is 0.0258. The van der Waals surface area contributed by atoms with Gasteiger partial charge in [0.25, 0.3) is 5.91 Å². The van der Waals surface area contributed by atoms with Crippen LogP contribution in [0.3, 0.4) is 0 Å². The number of piperidine rings is 1. The highest BCUT2D eigenvalue weighted by Crippen LogP contribution is 2.18. The molecule has 2 amide bonds. The Balaban J connectivity index is 1.44. The maximum atomic E-state index is 12.9. The van der Waals surface area contributed by atoms with Crippen LogP contribution in [-0.2, 0) is 16.0 Å². The van der Waals surface area contributed by atoms with E-state index < -0.39 is 0 Å². The fourth-order valence-electron chi connectivity index (χ4n) is 4.46. The lowest BCUT2D eigenvalue weighted by Gasteiger charge is -2.33. The minimum atomic E-state index is -0.0434. The van der Waals surface area contributed by atoms with Crippen LogP contribution in [0, 0.1) is 5.92 Å². The third kappa shape index (κ3) is 7.60. The quantitative estimate of drug-likeness (QED) is 0.569. The van der Waals surface area contributed by atoms with E-state index in [0.29, 0.717) is 38.2 Å². The van der Waals surface area contributed by atoms with Crippen molar-refractivity contribution in [2.75, 3.05) is 39.3 Å². The summed E-state index contributed by atoms with van der Waals surface area (Å²) in [7, 11) is 0. The number of nitrogens with one attached hydrogen (secondary N) is 1. The van der Waals surface area contributed by atoms with E-state index >= 15 is 0 Å². The van der Waals surface area contributed by atoms with Crippen LogP contribution in [0.15, 0.2) is 60.7 Å². The molecule has 178 valence electrons. The Morgan fingerprint density at radius 1 is 1.00 bits per heavy atom. The molecule has 1 N–H and O–H groups in total. The lowest BCUT2D eigenvalue weighted by Crippen LogP contribution is -2.48. The molecule has 0 saturated carbocycles. The molecule has 2 aromatic rings. The number of nitrogens with zero attached hydrogens (tertiary/aromatic N) is 2. The van der Waals surface area contributed by atoms with E-state index in [1.54, 1.807) is 4.90 Å². The molecule has 1 saturated heterocycles. The van der Waals surface area contributed by atoms with Crippen molar-refractivity contribution in [1.29, 1.82) is 0 Å². The number of para-hydroxylation sites is 1. The van der Waals surface area contributed by atoms with Crippen LogP contribution < -0.4 is 10.1 Å². The molecule has 6 heteroatoms. The van der Waals surface area contributed by atoms with Crippen molar-refractivity contribution in [2.24, 2.45) is 5.92 Å². The molecule has 1 aliphatic heterocycles. The van der Waals surface area contributed by atoms with Crippen molar-refractivity contribution in [3.63, 3.8) is 0 Å². The standard InChI is InChI=1S/C27H37N3O3/c1-3-29(4-2)24(19-22-11-7-5-8-12-22)20-28-27(32)23-15-17-30(18-16-23)26(31)21-33-25-13-9-6-10-14-25/h5-14,23-24H,3-4,15-21H2,1-2H3,(H,28,32). The summed E-state index contributed by atoms with van der Waals surface area (Å²) in [4.78, 5) is 29.6. The van der Waals surface area contributed by atoms with Crippen molar-refractivity contribution < 1.29 is 14.3 Å². The first-order chi connectivity index (χ1) is 16.1. The smallest absolute Gasteiger partial charge is 0.260 e. The highest BCUT2D eigenvalue weighted by molar-refractivity contribution is 5.80. The van der Waals surface area contributed by atoms with Crippen molar-refractivity contribution in [3.8, 4) is 5.75 Å². The van der Waals surface area contributed by atoms with Gasteiger partial charge in [0.05, 0.1) is 0 Å². The summed E-state index contributed by atoms with van der Waals surface area (Å²) in [5, 5.41) is 3.20.